The van der Waals surface area contributed by atoms with E-state index in [9.17, 15) is 0 Å². The molecule has 1 unspecified atom stereocenters. The SMILES string of the molecule is CCC(=N)N(C)C(C)CSC. The standard InChI is InChI=1S/C8H18N2S/c1-5-8(9)10(3)7(2)6-11-4/h7,9H,5-6H2,1-4H3. The molecule has 0 amide bonds. The summed E-state index contributed by atoms with van der Waals surface area (Å²) in [6.45, 7) is 4.17. The van der Waals surface area contributed by atoms with Crippen LogP contribution in [0, 0.1) is 5.41 Å². The van der Waals surface area contributed by atoms with Gasteiger partial charge in [0.25, 0.3) is 0 Å². The van der Waals surface area contributed by atoms with Crippen molar-refractivity contribution in [3.63, 3.8) is 0 Å². The number of hydrogen-bond donors (Lipinski definition) is 1. The van der Waals surface area contributed by atoms with Crippen LogP contribution in [0.15, 0.2) is 0 Å². The fourth-order valence-electron chi connectivity index (χ4n) is 0.868. The first-order valence-corrected chi connectivity index (χ1v) is 5.32. The van der Waals surface area contributed by atoms with Gasteiger partial charge in [0.15, 0.2) is 0 Å². The third kappa shape index (κ3) is 3.65. The van der Waals surface area contributed by atoms with Gasteiger partial charge in [-0.15, -0.1) is 0 Å². The first-order chi connectivity index (χ1) is 5.13. The zero-order valence-electron chi connectivity index (χ0n) is 7.85. The largest absolute Gasteiger partial charge is 0.360 e. The van der Waals surface area contributed by atoms with E-state index >= 15 is 0 Å². The lowest BCUT2D eigenvalue weighted by Gasteiger charge is -2.26. The number of nitrogens with one attached hydrogen (secondary N) is 1. The molecule has 3 heteroatoms. The van der Waals surface area contributed by atoms with Gasteiger partial charge in [0.2, 0.25) is 0 Å². The summed E-state index contributed by atoms with van der Waals surface area (Å²) in [5.74, 6) is 1.82. The second kappa shape index (κ2) is 5.47. The predicted octanol–water partition coefficient (Wildman–Crippen LogP) is 2.06. The summed E-state index contributed by atoms with van der Waals surface area (Å²) >= 11 is 1.83. The van der Waals surface area contributed by atoms with Crippen LogP contribution in [0.1, 0.15) is 20.3 Å². The highest BCUT2D eigenvalue weighted by atomic mass is 32.2. The Morgan fingerprint density at radius 2 is 2.18 bits per heavy atom. The average Bonchev–Trinajstić information content (AvgIpc) is 2.02. The van der Waals surface area contributed by atoms with Crippen LogP contribution in [-0.2, 0) is 0 Å². The van der Waals surface area contributed by atoms with Crippen LogP contribution in [0.4, 0.5) is 0 Å². The highest BCUT2D eigenvalue weighted by Crippen LogP contribution is 2.04. The topological polar surface area (TPSA) is 27.1 Å². The number of amidine groups is 1. The summed E-state index contributed by atoms with van der Waals surface area (Å²) < 4.78 is 0. The van der Waals surface area contributed by atoms with Gasteiger partial charge in [0.1, 0.15) is 0 Å². The van der Waals surface area contributed by atoms with E-state index in [1.807, 2.05) is 30.6 Å². The Morgan fingerprint density at radius 3 is 2.55 bits per heavy atom. The molecule has 0 aliphatic carbocycles. The Morgan fingerprint density at radius 1 is 1.64 bits per heavy atom. The summed E-state index contributed by atoms with van der Waals surface area (Å²) in [6.07, 6.45) is 2.93. The molecule has 11 heavy (non-hydrogen) atoms. The van der Waals surface area contributed by atoms with E-state index < -0.39 is 0 Å². The Kier molecular flexibility index (Phi) is 5.38. The molecular weight excluding hydrogens is 156 g/mol. The molecule has 0 bridgehead atoms. The highest BCUT2D eigenvalue weighted by molar-refractivity contribution is 7.98. The van der Waals surface area contributed by atoms with Gasteiger partial charge in [-0.2, -0.15) is 11.8 Å². The zero-order valence-corrected chi connectivity index (χ0v) is 8.66. The van der Waals surface area contributed by atoms with Crippen molar-refractivity contribution in [1.82, 2.24) is 4.90 Å². The molecule has 1 N–H and O–H groups in total. The minimum absolute atomic E-state index is 0.484. The van der Waals surface area contributed by atoms with Gasteiger partial charge in [-0.05, 0) is 13.2 Å². The molecule has 0 aromatic carbocycles. The fraction of sp³-hybridized carbons (Fsp3) is 0.875. The lowest BCUT2D eigenvalue weighted by molar-refractivity contribution is 0.413. The van der Waals surface area contributed by atoms with Crippen molar-refractivity contribution >= 4 is 17.6 Å². The number of hydrogen-bond acceptors (Lipinski definition) is 2. The quantitative estimate of drug-likeness (QED) is 0.522. The molecule has 2 nitrogen and oxygen atoms in total. The van der Waals surface area contributed by atoms with Gasteiger partial charge in [0.05, 0.1) is 5.84 Å². The minimum Gasteiger partial charge on any atom is -0.360 e. The number of nitrogens with zero attached hydrogens (tertiary/aromatic N) is 1. The van der Waals surface area contributed by atoms with Crippen LogP contribution in [0.5, 0.6) is 0 Å². The monoisotopic (exact) mass is 174 g/mol. The maximum absolute atomic E-state index is 7.57. The predicted molar refractivity (Wildman–Crippen MR) is 53.6 cm³/mol. The van der Waals surface area contributed by atoms with E-state index in [2.05, 4.69) is 13.2 Å². The first kappa shape index (κ1) is 10.8. The molecule has 0 aromatic heterocycles. The van der Waals surface area contributed by atoms with Gasteiger partial charge in [-0.3, -0.25) is 5.41 Å². The summed E-state index contributed by atoms with van der Waals surface area (Å²) in [6, 6.07) is 0.484. The molecule has 0 aliphatic rings. The van der Waals surface area contributed by atoms with Gasteiger partial charge in [-0.1, -0.05) is 6.92 Å². The van der Waals surface area contributed by atoms with Gasteiger partial charge < -0.3 is 4.90 Å². The fourth-order valence-corrected chi connectivity index (χ4v) is 1.57. The molecule has 0 aliphatic heterocycles. The van der Waals surface area contributed by atoms with Crippen molar-refractivity contribution in [2.75, 3.05) is 19.1 Å². The Hall–Kier alpha value is -0.180. The van der Waals surface area contributed by atoms with E-state index in [1.165, 1.54) is 0 Å². The van der Waals surface area contributed by atoms with Crippen LogP contribution >= 0.6 is 11.8 Å². The maximum Gasteiger partial charge on any atom is 0.0954 e. The molecule has 1 atom stereocenters. The smallest absolute Gasteiger partial charge is 0.0954 e. The second-order valence-electron chi connectivity index (χ2n) is 2.72. The van der Waals surface area contributed by atoms with Crippen LogP contribution in [0.25, 0.3) is 0 Å². The third-order valence-electron chi connectivity index (χ3n) is 1.83. The Labute approximate surface area is 73.9 Å². The molecular formula is C8H18N2S. The van der Waals surface area contributed by atoms with Gasteiger partial charge in [-0.25, -0.2) is 0 Å². The molecule has 66 valence electrons. The molecule has 0 saturated heterocycles. The van der Waals surface area contributed by atoms with E-state index in [-0.39, 0.29) is 0 Å². The molecule has 0 aromatic rings. The van der Waals surface area contributed by atoms with Crippen LogP contribution < -0.4 is 0 Å². The zero-order chi connectivity index (χ0) is 8.85. The average molecular weight is 174 g/mol. The van der Waals surface area contributed by atoms with E-state index in [0.29, 0.717) is 6.04 Å². The van der Waals surface area contributed by atoms with E-state index in [0.717, 1.165) is 18.0 Å². The number of thioether (sulfide) groups is 1. The summed E-state index contributed by atoms with van der Waals surface area (Å²) in [4.78, 5) is 2.04. The lowest BCUT2D eigenvalue weighted by Crippen LogP contribution is -2.35. The van der Waals surface area contributed by atoms with Crippen molar-refractivity contribution in [2.24, 2.45) is 0 Å². The summed E-state index contributed by atoms with van der Waals surface area (Å²) in [5.41, 5.74) is 0. The summed E-state index contributed by atoms with van der Waals surface area (Å²) in [5, 5.41) is 7.57. The Balaban J connectivity index is 3.80. The normalized spacial score (nSPS) is 12.7. The lowest BCUT2D eigenvalue weighted by atomic mass is 10.3. The van der Waals surface area contributed by atoms with Crippen molar-refractivity contribution in [3.05, 3.63) is 0 Å². The molecule has 0 spiro atoms. The summed E-state index contributed by atoms with van der Waals surface area (Å²) in [7, 11) is 1.99. The molecule has 0 saturated carbocycles. The molecule has 0 heterocycles. The second-order valence-corrected chi connectivity index (χ2v) is 3.63. The van der Waals surface area contributed by atoms with Crippen LogP contribution in [0.2, 0.25) is 0 Å². The third-order valence-corrected chi connectivity index (χ3v) is 2.65. The van der Waals surface area contributed by atoms with Gasteiger partial charge >= 0.3 is 0 Å². The van der Waals surface area contributed by atoms with E-state index in [1.54, 1.807) is 0 Å². The minimum atomic E-state index is 0.484. The molecule has 0 radical (unpaired) electrons. The van der Waals surface area contributed by atoms with Crippen molar-refractivity contribution in [2.45, 2.75) is 26.3 Å². The van der Waals surface area contributed by atoms with Crippen LogP contribution in [-0.4, -0.2) is 35.8 Å². The van der Waals surface area contributed by atoms with Crippen molar-refractivity contribution in [1.29, 1.82) is 5.41 Å². The maximum atomic E-state index is 7.57. The first-order valence-electron chi connectivity index (χ1n) is 3.92. The van der Waals surface area contributed by atoms with Crippen molar-refractivity contribution < 1.29 is 0 Å². The Bertz CT molecular complexity index is 125. The molecule has 0 rings (SSSR count). The van der Waals surface area contributed by atoms with Crippen LogP contribution in [0.3, 0.4) is 0 Å². The van der Waals surface area contributed by atoms with Gasteiger partial charge in [0, 0.05) is 25.3 Å². The highest BCUT2D eigenvalue weighted by Gasteiger charge is 2.09. The van der Waals surface area contributed by atoms with E-state index in [4.69, 9.17) is 5.41 Å². The van der Waals surface area contributed by atoms with Crippen molar-refractivity contribution in [3.8, 4) is 0 Å². The molecule has 0 fully saturated rings. The number of rotatable bonds is 4.